The Hall–Kier alpha value is -2.82. The molecule has 0 unspecified atom stereocenters. The quantitative estimate of drug-likeness (QED) is 0.492. The first-order chi connectivity index (χ1) is 16.7. The van der Waals surface area contributed by atoms with Gasteiger partial charge in [-0.3, -0.25) is 4.90 Å². The number of fused-ring (bicyclic) bond motifs is 1. The maximum atomic E-state index is 10.0. The van der Waals surface area contributed by atoms with Gasteiger partial charge < -0.3 is 14.6 Å². The molecule has 1 aliphatic heterocycles. The molecule has 0 amide bonds. The van der Waals surface area contributed by atoms with E-state index in [0.29, 0.717) is 11.7 Å². The van der Waals surface area contributed by atoms with Crippen molar-refractivity contribution in [3.63, 3.8) is 0 Å². The van der Waals surface area contributed by atoms with Gasteiger partial charge in [-0.25, -0.2) is 0 Å². The van der Waals surface area contributed by atoms with Crippen molar-refractivity contribution in [2.24, 2.45) is 0 Å². The highest BCUT2D eigenvalue weighted by Gasteiger charge is 2.32. The fourth-order valence-corrected chi connectivity index (χ4v) is 5.35. The normalized spacial score (nSPS) is 19.7. The number of hydrogen-bond donors (Lipinski definition) is 1. The molecule has 4 nitrogen and oxygen atoms in total. The minimum Gasteiger partial charge on any atom is -0.508 e. The van der Waals surface area contributed by atoms with E-state index in [2.05, 4.69) is 70.3 Å². The molecule has 0 aromatic heterocycles. The molecule has 3 aromatic carbocycles. The van der Waals surface area contributed by atoms with Crippen molar-refractivity contribution >= 4 is 0 Å². The lowest BCUT2D eigenvalue weighted by atomic mass is 9.69. The second-order valence-corrected chi connectivity index (χ2v) is 9.29. The number of aryl methyl sites for hydroxylation is 1. The van der Waals surface area contributed by atoms with Crippen LogP contribution in [-0.2, 0) is 11.2 Å². The van der Waals surface area contributed by atoms with Crippen molar-refractivity contribution in [2.75, 3.05) is 40.5 Å². The molecule has 0 radical (unpaired) electrons. The smallest absolute Gasteiger partial charge is 0.119 e. The van der Waals surface area contributed by atoms with Gasteiger partial charge in [0.2, 0.25) is 0 Å². The van der Waals surface area contributed by atoms with Gasteiger partial charge in [-0.05, 0) is 91.2 Å². The van der Waals surface area contributed by atoms with Crippen LogP contribution in [0.5, 0.6) is 11.5 Å². The van der Waals surface area contributed by atoms with Crippen molar-refractivity contribution in [3.05, 3.63) is 95.1 Å². The molecule has 1 fully saturated rings. The van der Waals surface area contributed by atoms with Gasteiger partial charge in [0.05, 0.1) is 0 Å². The topological polar surface area (TPSA) is 41.9 Å². The lowest BCUT2D eigenvalue weighted by Gasteiger charge is -2.35. The van der Waals surface area contributed by atoms with Gasteiger partial charge in [0.25, 0.3) is 0 Å². The molecule has 0 bridgehead atoms. The molecule has 180 valence electrons. The van der Waals surface area contributed by atoms with Crippen LogP contribution in [0.2, 0.25) is 0 Å². The predicted molar refractivity (Wildman–Crippen MR) is 138 cm³/mol. The number of methoxy groups -OCH3 is 1. The molecular weight excluding hydrogens is 422 g/mol. The number of rotatable bonds is 6. The summed E-state index contributed by atoms with van der Waals surface area (Å²) in [5.41, 5.74) is 5.30. The zero-order chi connectivity index (χ0) is 23.8. The lowest BCUT2D eigenvalue weighted by Crippen LogP contribution is -2.25. The fraction of sp³-hybridized carbons (Fsp3) is 0.400. The number of nitrogens with zero attached hydrogens (tertiary/aromatic N) is 1. The second kappa shape index (κ2) is 12.0. The SMILES string of the molecule is COC.Oc1ccc2c(c1)CC[C@H](c1ccccc1)[C@@H]2c1ccc(OCCN2CCCC2)cc1. The monoisotopic (exact) mass is 459 g/mol. The number of phenols is 1. The average molecular weight is 460 g/mol. The first-order valence-corrected chi connectivity index (χ1v) is 12.4. The van der Waals surface area contributed by atoms with Crippen LogP contribution in [0.15, 0.2) is 72.8 Å². The summed E-state index contributed by atoms with van der Waals surface area (Å²) >= 11 is 0. The van der Waals surface area contributed by atoms with Gasteiger partial charge in [-0.15, -0.1) is 0 Å². The standard InChI is InChI=1S/C28H31NO2.C2H6O/c30-24-11-15-27-23(20-24)10-14-26(21-6-2-1-3-7-21)28(27)22-8-12-25(13-9-22)31-19-18-29-16-4-5-17-29;1-3-2/h1-3,6-9,11-13,15,20,26,28,30H,4-5,10,14,16-19H2;1-2H3/t26-,28+;/m1./s1. The van der Waals surface area contributed by atoms with Gasteiger partial charge in [0.15, 0.2) is 0 Å². The molecule has 5 rings (SSSR count). The molecule has 1 heterocycles. The lowest BCUT2D eigenvalue weighted by molar-refractivity contribution is 0.237. The third-order valence-electron chi connectivity index (χ3n) is 6.93. The molecule has 1 saturated heterocycles. The van der Waals surface area contributed by atoms with E-state index in [9.17, 15) is 5.11 Å². The predicted octanol–water partition coefficient (Wildman–Crippen LogP) is 5.99. The molecule has 1 aliphatic carbocycles. The minimum absolute atomic E-state index is 0.283. The van der Waals surface area contributed by atoms with Crippen molar-refractivity contribution in [2.45, 2.75) is 37.5 Å². The third-order valence-corrected chi connectivity index (χ3v) is 6.93. The third kappa shape index (κ3) is 5.99. The number of benzene rings is 3. The van der Waals surface area contributed by atoms with Crippen molar-refractivity contribution in [1.82, 2.24) is 4.90 Å². The molecule has 34 heavy (non-hydrogen) atoms. The summed E-state index contributed by atoms with van der Waals surface area (Å²) in [6, 6.07) is 25.4. The average Bonchev–Trinajstić information content (AvgIpc) is 3.38. The summed E-state index contributed by atoms with van der Waals surface area (Å²) in [6.07, 6.45) is 4.71. The number of aromatic hydroxyl groups is 1. The number of ether oxygens (including phenoxy) is 2. The van der Waals surface area contributed by atoms with E-state index in [4.69, 9.17) is 4.74 Å². The van der Waals surface area contributed by atoms with Crippen LogP contribution in [-0.4, -0.2) is 50.5 Å². The molecule has 0 saturated carbocycles. The van der Waals surface area contributed by atoms with Gasteiger partial charge >= 0.3 is 0 Å². The first kappa shape index (κ1) is 24.3. The number of phenolic OH excluding ortho intramolecular Hbond substituents is 1. The Morgan fingerprint density at radius 2 is 1.59 bits per heavy atom. The second-order valence-electron chi connectivity index (χ2n) is 9.29. The molecule has 0 spiro atoms. The Labute approximate surface area is 204 Å². The Bertz CT molecular complexity index is 1010. The van der Waals surface area contributed by atoms with E-state index >= 15 is 0 Å². The highest BCUT2D eigenvalue weighted by Crippen LogP contribution is 2.47. The largest absolute Gasteiger partial charge is 0.508 e. The first-order valence-electron chi connectivity index (χ1n) is 12.4. The van der Waals surface area contributed by atoms with Gasteiger partial charge in [0.1, 0.15) is 18.1 Å². The van der Waals surface area contributed by atoms with Crippen LogP contribution in [0.4, 0.5) is 0 Å². The summed E-state index contributed by atoms with van der Waals surface area (Å²) in [5.74, 6) is 2.02. The maximum Gasteiger partial charge on any atom is 0.119 e. The van der Waals surface area contributed by atoms with Crippen molar-refractivity contribution < 1.29 is 14.6 Å². The van der Waals surface area contributed by atoms with Crippen LogP contribution in [0.25, 0.3) is 0 Å². The van der Waals surface area contributed by atoms with Crippen LogP contribution >= 0.6 is 0 Å². The molecule has 4 heteroatoms. The van der Waals surface area contributed by atoms with Crippen molar-refractivity contribution in [3.8, 4) is 11.5 Å². The highest BCUT2D eigenvalue weighted by molar-refractivity contribution is 5.48. The summed E-state index contributed by atoms with van der Waals surface area (Å²) in [4.78, 5) is 2.48. The van der Waals surface area contributed by atoms with Gasteiger partial charge in [-0.2, -0.15) is 0 Å². The van der Waals surface area contributed by atoms with Crippen LogP contribution in [0.3, 0.4) is 0 Å². The van der Waals surface area contributed by atoms with E-state index in [1.54, 1.807) is 14.2 Å². The number of hydrogen-bond acceptors (Lipinski definition) is 4. The Morgan fingerprint density at radius 1 is 0.882 bits per heavy atom. The highest BCUT2D eigenvalue weighted by atomic mass is 16.5. The van der Waals surface area contributed by atoms with E-state index < -0.39 is 0 Å². The zero-order valence-corrected chi connectivity index (χ0v) is 20.5. The van der Waals surface area contributed by atoms with Crippen LogP contribution < -0.4 is 4.74 Å². The molecule has 2 atom stereocenters. The summed E-state index contributed by atoms with van der Waals surface area (Å²) in [5, 5.41) is 10.0. The molecule has 2 aliphatic rings. The van der Waals surface area contributed by atoms with Gasteiger partial charge in [0, 0.05) is 26.7 Å². The van der Waals surface area contributed by atoms with E-state index in [-0.39, 0.29) is 5.92 Å². The van der Waals surface area contributed by atoms with Crippen LogP contribution in [0, 0.1) is 0 Å². The summed E-state index contributed by atoms with van der Waals surface area (Å²) in [7, 11) is 3.25. The molecular formula is C30H37NO3. The fourth-order valence-electron chi connectivity index (χ4n) is 5.35. The molecule has 3 aromatic rings. The van der Waals surface area contributed by atoms with Crippen LogP contribution in [0.1, 0.15) is 53.4 Å². The summed E-state index contributed by atoms with van der Waals surface area (Å²) < 4.78 is 10.3. The van der Waals surface area contributed by atoms with E-state index in [1.807, 2.05) is 12.1 Å². The summed E-state index contributed by atoms with van der Waals surface area (Å²) in [6.45, 7) is 4.18. The Morgan fingerprint density at radius 3 is 2.29 bits per heavy atom. The minimum atomic E-state index is 0.283. The van der Waals surface area contributed by atoms with Crippen molar-refractivity contribution in [1.29, 1.82) is 0 Å². The number of likely N-dealkylation sites (tertiary alicyclic amines) is 1. The van der Waals surface area contributed by atoms with Gasteiger partial charge in [-0.1, -0.05) is 48.5 Å². The Balaban J connectivity index is 0.000000868. The van der Waals surface area contributed by atoms with E-state index in [0.717, 1.165) is 31.7 Å². The molecule has 1 N–H and O–H groups in total. The maximum absolute atomic E-state index is 10.0. The zero-order valence-electron chi connectivity index (χ0n) is 20.5. The van der Waals surface area contributed by atoms with E-state index in [1.165, 1.54) is 48.2 Å². The Kier molecular flexibility index (Phi) is 8.62.